The molecule has 0 atom stereocenters. The van der Waals surface area contributed by atoms with E-state index in [1.807, 2.05) is 30.3 Å². The highest BCUT2D eigenvalue weighted by Crippen LogP contribution is 2.32. The second-order valence-corrected chi connectivity index (χ2v) is 6.12. The van der Waals surface area contributed by atoms with E-state index in [1.165, 1.54) is 9.79 Å². The molecule has 4 rings (SSSR count). The van der Waals surface area contributed by atoms with Gasteiger partial charge in [0.15, 0.2) is 5.76 Å². The fraction of sp³-hybridized carbons (Fsp3) is 0. The number of hydrogen-bond donors (Lipinski definition) is 0. The Morgan fingerprint density at radius 1 is 0.682 bits per heavy atom. The minimum atomic E-state index is 0.826. The standard InChI is InChI=1S/C19H13NOS/c1-2-6-15(7-3-1)22-16-12-10-14(11-13-16)19-17-8-4-5-9-18(17)20-21-19/h1-13H. The summed E-state index contributed by atoms with van der Waals surface area (Å²) in [5.74, 6) is 0.826. The van der Waals surface area contributed by atoms with Gasteiger partial charge in [-0.2, -0.15) is 0 Å². The van der Waals surface area contributed by atoms with Crippen LogP contribution in [0.25, 0.3) is 22.2 Å². The lowest BCUT2D eigenvalue weighted by molar-refractivity contribution is 0.441. The summed E-state index contributed by atoms with van der Waals surface area (Å²) in [6, 6.07) is 26.7. The van der Waals surface area contributed by atoms with Crippen LogP contribution in [-0.2, 0) is 0 Å². The van der Waals surface area contributed by atoms with Gasteiger partial charge in [-0.1, -0.05) is 47.3 Å². The molecular weight excluding hydrogens is 290 g/mol. The summed E-state index contributed by atoms with van der Waals surface area (Å²) in [5, 5.41) is 5.15. The molecule has 0 saturated carbocycles. The molecule has 0 radical (unpaired) electrons. The summed E-state index contributed by atoms with van der Waals surface area (Å²) in [4.78, 5) is 2.44. The van der Waals surface area contributed by atoms with E-state index in [0.717, 1.165) is 22.2 Å². The van der Waals surface area contributed by atoms with Crippen molar-refractivity contribution in [2.45, 2.75) is 9.79 Å². The Kier molecular flexibility index (Phi) is 3.41. The average Bonchev–Trinajstić information content (AvgIpc) is 3.01. The molecule has 3 aromatic carbocycles. The smallest absolute Gasteiger partial charge is 0.174 e. The van der Waals surface area contributed by atoms with Crippen LogP contribution in [0.4, 0.5) is 0 Å². The quantitative estimate of drug-likeness (QED) is 0.489. The normalized spacial score (nSPS) is 10.9. The summed E-state index contributed by atoms with van der Waals surface area (Å²) in [6.45, 7) is 0. The molecule has 0 aliphatic heterocycles. The maximum atomic E-state index is 5.50. The Labute approximate surface area is 132 Å². The van der Waals surface area contributed by atoms with Crippen molar-refractivity contribution < 1.29 is 4.52 Å². The van der Waals surface area contributed by atoms with Crippen molar-refractivity contribution in [3.8, 4) is 11.3 Å². The Balaban J connectivity index is 1.64. The molecule has 0 amide bonds. The van der Waals surface area contributed by atoms with Gasteiger partial charge in [0.25, 0.3) is 0 Å². The van der Waals surface area contributed by atoms with Gasteiger partial charge >= 0.3 is 0 Å². The van der Waals surface area contributed by atoms with E-state index in [-0.39, 0.29) is 0 Å². The van der Waals surface area contributed by atoms with Gasteiger partial charge in [-0.15, -0.1) is 0 Å². The number of fused-ring (bicyclic) bond motifs is 1. The highest BCUT2D eigenvalue weighted by Gasteiger charge is 2.09. The van der Waals surface area contributed by atoms with E-state index in [2.05, 4.69) is 53.7 Å². The number of rotatable bonds is 3. The summed E-state index contributed by atoms with van der Waals surface area (Å²) >= 11 is 1.75. The molecule has 0 bridgehead atoms. The number of hydrogen-bond acceptors (Lipinski definition) is 3. The van der Waals surface area contributed by atoms with Crippen LogP contribution in [0.2, 0.25) is 0 Å². The fourth-order valence-corrected chi connectivity index (χ4v) is 3.23. The van der Waals surface area contributed by atoms with Crippen LogP contribution in [0.15, 0.2) is 93.2 Å². The molecule has 0 saturated heterocycles. The van der Waals surface area contributed by atoms with Crippen LogP contribution in [0.1, 0.15) is 0 Å². The SMILES string of the molecule is c1ccc(Sc2ccc(-c3onc4ccccc34)cc2)cc1. The van der Waals surface area contributed by atoms with Crippen LogP contribution in [-0.4, -0.2) is 5.16 Å². The second kappa shape index (κ2) is 5.70. The molecule has 1 aromatic heterocycles. The first kappa shape index (κ1) is 13.2. The Morgan fingerprint density at radius 2 is 1.36 bits per heavy atom. The van der Waals surface area contributed by atoms with Crippen molar-refractivity contribution in [3.63, 3.8) is 0 Å². The highest BCUT2D eigenvalue weighted by molar-refractivity contribution is 7.99. The molecular formula is C19H13NOS. The van der Waals surface area contributed by atoms with Gasteiger partial charge in [0.05, 0.1) is 0 Å². The van der Waals surface area contributed by atoms with Gasteiger partial charge in [-0.05, 0) is 48.5 Å². The van der Waals surface area contributed by atoms with Crippen LogP contribution in [0.3, 0.4) is 0 Å². The molecule has 0 aliphatic rings. The Morgan fingerprint density at radius 3 is 2.18 bits per heavy atom. The molecule has 4 aromatic rings. The lowest BCUT2D eigenvalue weighted by atomic mass is 10.1. The Bertz CT molecular complexity index is 898. The fourth-order valence-electron chi connectivity index (χ4n) is 2.40. The van der Waals surface area contributed by atoms with Gasteiger partial charge in [0.1, 0.15) is 5.52 Å². The number of nitrogens with zero attached hydrogens (tertiary/aromatic N) is 1. The molecule has 0 N–H and O–H groups in total. The predicted octanol–water partition coefficient (Wildman–Crippen LogP) is 5.65. The zero-order chi connectivity index (χ0) is 14.8. The van der Waals surface area contributed by atoms with Gasteiger partial charge in [-0.25, -0.2) is 0 Å². The van der Waals surface area contributed by atoms with E-state index in [0.29, 0.717) is 0 Å². The molecule has 0 spiro atoms. The summed E-state index contributed by atoms with van der Waals surface area (Å²) in [5.41, 5.74) is 1.94. The monoisotopic (exact) mass is 303 g/mol. The highest BCUT2D eigenvalue weighted by atomic mass is 32.2. The molecule has 22 heavy (non-hydrogen) atoms. The molecule has 0 aliphatic carbocycles. The van der Waals surface area contributed by atoms with Gasteiger partial charge in [0, 0.05) is 20.7 Å². The van der Waals surface area contributed by atoms with Crippen molar-refractivity contribution in [1.82, 2.24) is 5.16 Å². The first-order valence-corrected chi connectivity index (χ1v) is 7.89. The summed E-state index contributed by atoms with van der Waals surface area (Å²) < 4.78 is 5.50. The predicted molar refractivity (Wildman–Crippen MR) is 90.0 cm³/mol. The number of aromatic nitrogens is 1. The third-order valence-electron chi connectivity index (χ3n) is 3.48. The van der Waals surface area contributed by atoms with Crippen LogP contribution >= 0.6 is 11.8 Å². The largest absolute Gasteiger partial charge is 0.355 e. The summed E-state index contributed by atoms with van der Waals surface area (Å²) in [7, 11) is 0. The minimum absolute atomic E-state index is 0.826. The van der Waals surface area contributed by atoms with Gasteiger partial charge < -0.3 is 4.52 Å². The molecule has 2 nitrogen and oxygen atoms in total. The topological polar surface area (TPSA) is 26.0 Å². The van der Waals surface area contributed by atoms with E-state index in [4.69, 9.17) is 4.52 Å². The molecule has 0 fully saturated rings. The van der Waals surface area contributed by atoms with Gasteiger partial charge in [-0.3, -0.25) is 0 Å². The third kappa shape index (κ3) is 2.51. The lowest BCUT2D eigenvalue weighted by Gasteiger charge is -2.02. The maximum absolute atomic E-state index is 5.50. The van der Waals surface area contributed by atoms with E-state index < -0.39 is 0 Å². The summed E-state index contributed by atoms with van der Waals surface area (Å²) in [6.07, 6.45) is 0. The molecule has 3 heteroatoms. The van der Waals surface area contributed by atoms with Crippen LogP contribution in [0.5, 0.6) is 0 Å². The number of benzene rings is 3. The van der Waals surface area contributed by atoms with Crippen molar-refractivity contribution in [2.75, 3.05) is 0 Å². The first-order chi connectivity index (χ1) is 10.9. The first-order valence-electron chi connectivity index (χ1n) is 7.08. The Hall–Kier alpha value is -2.52. The second-order valence-electron chi connectivity index (χ2n) is 4.97. The molecule has 1 heterocycles. The van der Waals surface area contributed by atoms with E-state index >= 15 is 0 Å². The third-order valence-corrected chi connectivity index (χ3v) is 4.50. The average molecular weight is 303 g/mol. The van der Waals surface area contributed by atoms with Crippen molar-refractivity contribution in [3.05, 3.63) is 78.9 Å². The zero-order valence-corrected chi connectivity index (χ0v) is 12.6. The van der Waals surface area contributed by atoms with Crippen molar-refractivity contribution >= 4 is 22.7 Å². The van der Waals surface area contributed by atoms with Crippen molar-refractivity contribution in [1.29, 1.82) is 0 Å². The lowest BCUT2D eigenvalue weighted by Crippen LogP contribution is -1.77. The molecule has 106 valence electrons. The van der Waals surface area contributed by atoms with Crippen LogP contribution < -0.4 is 0 Å². The van der Waals surface area contributed by atoms with Crippen molar-refractivity contribution in [2.24, 2.45) is 0 Å². The van der Waals surface area contributed by atoms with E-state index in [1.54, 1.807) is 11.8 Å². The van der Waals surface area contributed by atoms with Gasteiger partial charge in [0.2, 0.25) is 0 Å². The van der Waals surface area contributed by atoms with Crippen LogP contribution in [0, 0.1) is 0 Å². The maximum Gasteiger partial charge on any atom is 0.174 e. The van der Waals surface area contributed by atoms with E-state index in [9.17, 15) is 0 Å². The zero-order valence-electron chi connectivity index (χ0n) is 11.8. The molecule has 0 unspecified atom stereocenters. The minimum Gasteiger partial charge on any atom is -0.355 e.